The Morgan fingerprint density at radius 1 is 1.12 bits per heavy atom. The van der Waals surface area contributed by atoms with E-state index in [9.17, 15) is 8.42 Å². The summed E-state index contributed by atoms with van der Waals surface area (Å²) in [7, 11) is 0.526. The van der Waals surface area contributed by atoms with E-state index in [4.69, 9.17) is 0 Å². The predicted molar refractivity (Wildman–Crippen MR) is 82.9 cm³/mol. The maximum Gasteiger partial charge on any atom is 0.235 e. The van der Waals surface area contributed by atoms with Crippen molar-refractivity contribution in [1.29, 1.82) is 0 Å². The summed E-state index contributed by atoms with van der Waals surface area (Å²) in [5, 5.41) is 0. The van der Waals surface area contributed by atoms with E-state index in [1.165, 1.54) is 0 Å². The molecule has 0 radical (unpaired) electrons. The highest BCUT2D eigenvalue weighted by atomic mass is 80.0. The van der Waals surface area contributed by atoms with Crippen molar-refractivity contribution in [2.75, 3.05) is 19.0 Å². The molecule has 1 aromatic rings. The average Bonchev–Trinajstić information content (AvgIpc) is 2.16. The van der Waals surface area contributed by atoms with Gasteiger partial charge in [0.15, 0.2) is 9.84 Å². The Bertz CT molecular complexity index is 477. The Balaban J connectivity index is 2.91. The van der Waals surface area contributed by atoms with Crippen molar-refractivity contribution < 1.29 is 8.42 Å². The highest BCUT2D eigenvalue weighted by Crippen LogP contribution is 2.41. The van der Waals surface area contributed by atoms with Crippen LogP contribution in [-0.2, 0) is 15.6 Å². The van der Waals surface area contributed by atoms with Crippen LogP contribution in [0.1, 0.15) is 5.56 Å². The van der Waals surface area contributed by atoms with Gasteiger partial charge < -0.3 is 4.90 Å². The van der Waals surface area contributed by atoms with Crippen LogP contribution in [0.25, 0.3) is 0 Å². The van der Waals surface area contributed by atoms with E-state index in [1.54, 1.807) is 0 Å². The fourth-order valence-electron chi connectivity index (χ4n) is 1.19. The smallest absolute Gasteiger partial charge is 0.235 e. The van der Waals surface area contributed by atoms with Crippen molar-refractivity contribution >= 4 is 63.3 Å². The van der Waals surface area contributed by atoms with Gasteiger partial charge in [-0.1, -0.05) is 12.1 Å². The predicted octanol–water partition coefficient (Wildman–Crippen LogP) is 3.46. The number of sulfone groups is 1. The van der Waals surface area contributed by atoms with Crippen molar-refractivity contribution in [1.82, 2.24) is 0 Å². The Labute approximate surface area is 127 Å². The lowest BCUT2D eigenvalue weighted by molar-refractivity contribution is 0.598. The summed E-state index contributed by atoms with van der Waals surface area (Å²) in [5.74, 6) is -0.0392. The Kier molecular flexibility index (Phi) is 5.08. The molecular formula is C10H12Br3NO2S. The summed E-state index contributed by atoms with van der Waals surface area (Å²) in [6.45, 7) is 0. The van der Waals surface area contributed by atoms with Crippen molar-refractivity contribution in [3.8, 4) is 0 Å². The van der Waals surface area contributed by atoms with E-state index in [0.29, 0.717) is 0 Å². The van der Waals surface area contributed by atoms with E-state index < -0.39 is 11.3 Å². The summed E-state index contributed by atoms with van der Waals surface area (Å²) >= 11 is 9.10. The van der Waals surface area contributed by atoms with Crippen LogP contribution < -0.4 is 4.90 Å². The van der Waals surface area contributed by atoms with Crippen LogP contribution in [0.4, 0.5) is 5.69 Å². The minimum atomic E-state index is -3.35. The molecule has 0 aliphatic heterocycles. The van der Waals surface area contributed by atoms with E-state index in [1.807, 2.05) is 43.3 Å². The molecule has 0 amide bonds. The minimum absolute atomic E-state index is 0.0392. The van der Waals surface area contributed by atoms with E-state index >= 15 is 0 Å². The molecule has 0 fully saturated rings. The molecule has 0 N–H and O–H groups in total. The zero-order chi connectivity index (χ0) is 13.3. The Hall–Kier alpha value is 0.410. The van der Waals surface area contributed by atoms with Gasteiger partial charge in [-0.2, -0.15) is 0 Å². The Morgan fingerprint density at radius 3 is 1.94 bits per heavy atom. The molecule has 0 saturated heterocycles. The molecule has 17 heavy (non-hydrogen) atoms. The number of nitrogens with zero attached hydrogens (tertiary/aromatic N) is 1. The first-order chi connectivity index (χ1) is 7.63. The van der Waals surface area contributed by atoms with Crippen LogP contribution in [0.5, 0.6) is 0 Å². The van der Waals surface area contributed by atoms with Gasteiger partial charge in [0, 0.05) is 19.8 Å². The molecule has 0 aromatic heterocycles. The Morgan fingerprint density at radius 2 is 1.59 bits per heavy atom. The molecule has 3 nitrogen and oxygen atoms in total. The number of alkyl halides is 3. The first-order valence-electron chi connectivity index (χ1n) is 4.69. The van der Waals surface area contributed by atoms with Gasteiger partial charge in [0.2, 0.25) is 1.47 Å². The van der Waals surface area contributed by atoms with Crippen molar-refractivity contribution in [2.45, 2.75) is 7.23 Å². The summed E-state index contributed by atoms with van der Waals surface area (Å²) in [4.78, 5) is 1.96. The number of rotatable bonds is 3. The molecule has 0 atom stereocenters. The van der Waals surface area contributed by atoms with Gasteiger partial charge in [0.25, 0.3) is 0 Å². The van der Waals surface area contributed by atoms with Crippen LogP contribution in [0, 0.1) is 0 Å². The first-order valence-corrected chi connectivity index (χ1v) is 8.72. The number of hydrogen-bond donors (Lipinski definition) is 0. The monoisotopic (exact) mass is 447 g/mol. The van der Waals surface area contributed by atoms with E-state index in [0.717, 1.165) is 11.3 Å². The highest BCUT2D eigenvalue weighted by Gasteiger charge is 2.35. The quantitative estimate of drug-likeness (QED) is 0.663. The van der Waals surface area contributed by atoms with Gasteiger partial charge in [0.1, 0.15) is 0 Å². The van der Waals surface area contributed by atoms with Gasteiger partial charge in [-0.15, -0.1) is 0 Å². The largest absolute Gasteiger partial charge is 0.378 e. The molecule has 0 spiro atoms. The lowest BCUT2D eigenvalue weighted by atomic mass is 10.2. The van der Waals surface area contributed by atoms with Crippen LogP contribution in [0.15, 0.2) is 24.3 Å². The summed E-state index contributed by atoms with van der Waals surface area (Å²) in [5.41, 5.74) is 1.78. The van der Waals surface area contributed by atoms with Crippen LogP contribution in [-0.4, -0.2) is 24.0 Å². The van der Waals surface area contributed by atoms with E-state index in [-0.39, 0.29) is 5.75 Å². The third kappa shape index (κ3) is 4.22. The third-order valence-electron chi connectivity index (χ3n) is 2.16. The maximum absolute atomic E-state index is 11.9. The fourth-order valence-corrected chi connectivity index (χ4v) is 3.02. The molecule has 0 unspecified atom stereocenters. The highest BCUT2D eigenvalue weighted by molar-refractivity contribution is 9.42. The first kappa shape index (κ1) is 15.5. The second-order valence-electron chi connectivity index (χ2n) is 3.77. The van der Waals surface area contributed by atoms with Gasteiger partial charge >= 0.3 is 0 Å². The summed E-state index contributed by atoms with van der Waals surface area (Å²) in [6, 6.07) is 7.41. The lowest BCUT2D eigenvalue weighted by Crippen LogP contribution is -2.19. The number of benzene rings is 1. The SMILES string of the molecule is CN(C)c1ccc(CS(=O)(=O)C(Br)(Br)Br)cc1. The van der Waals surface area contributed by atoms with Gasteiger partial charge in [-0.3, -0.25) is 0 Å². The molecule has 96 valence electrons. The van der Waals surface area contributed by atoms with Crippen LogP contribution >= 0.6 is 47.8 Å². The zero-order valence-electron chi connectivity index (χ0n) is 9.32. The van der Waals surface area contributed by atoms with Crippen molar-refractivity contribution in [2.24, 2.45) is 0 Å². The molecule has 0 saturated carbocycles. The summed E-state index contributed by atoms with van der Waals surface area (Å²) < 4.78 is 22.5. The zero-order valence-corrected chi connectivity index (χ0v) is 14.9. The number of hydrogen-bond acceptors (Lipinski definition) is 3. The molecule has 0 aliphatic rings. The summed E-state index contributed by atoms with van der Waals surface area (Å²) in [6.07, 6.45) is 0. The van der Waals surface area contributed by atoms with Crippen molar-refractivity contribution in [3.05, 3.63) is 29.8 Å². The molecule has 0 bridgehead atoms. The van der Waals surface area contributed by atoms with Crippen LogP contribution in [0.2, 0.25) is 0 Å². The molecule has 7 heteroatoms. The lowest BCUT2D eigenvalue weighted by Gasteiger charge is -2.15. The van der Waals surface area contributed by atoms with Gasteiger partial charge in [-0.05, 0) is 65.5 Å². The average molecular weight is 450 g/mol. The molecule has 0 heterocycles. The second kappa shape index (κ2) is 5.59. The number of anilines is 1. The second-order valence-corrected chi connectivity index (χ2v) is 14.2. The molecule has 0 aliphatic carbocycles. The molecule has 1 rings (SSSR count). The fraction of sp³-hybridized carbons (Fsp3) is 0.400. The normalized spacial score (nSPS) is 12.5. The third-order valence-corrected chi connectivity index (χ3v) is 8.02. The molecule has 1 aromatic carbocycles. The molecular weight excluding hydrogens is 438 g/mol. The van der Waals surface area contributed by atoms with Crippen LogP contribution in [0.3, 0.4) is 0 Å². The topological polar surface area (TPSA) is 37.4 Å². The maximum atomic E-state index is 11.9. The standard InChI is InChI=1S/C10H12Br3NO2S/c1-14(2)9-5-3-8(4-6-9)7-17(15,16)10(11,12)13/h3-6H,7H2,1-2H3. The van der Waals surface area contributed by atoms with Gasteiger partial charge in [-0.25, -0.2) is 8.42 Å². The minimum Gasteiger partial charge on any atom is -0.378 e. The van der Waals surface area contributed by atoms with Crippen molar-refractivity contribution in [3.63, 3.8) is 0 Å². The van der Waals surface area contributed by atoms with E-state index in [2.05, 4.69) is 47.8 Å². The van der Waals surface area contributed by atoms with Gasteiger partial charge in [0.05, 0.1) is 5.75 Å². The number of halogens is 3.